The lowest BCUT2D eigenvalue weighted by molar-refractivity contribution is 0.0474. The Labute approximate surface area is 111 Å². The first kappa shape index (κ1) is 12.2. The Kier molecular flexibility index (Phi) is 2.98. The molecule has 0 bridgehead atoms. The fraction of sp³-hybridized carbons (Fsp3) is 0.429. The minimum atomic E-state index is -0.393. The Morgan fingerprint density at radius 3 is 3.16 bits per heavy atom. The summed E-state index contributed by atoms with van der Waals surface area (Å²) in [6, 6.07) is 5.48. The lowest BCUT2D eigenvalue weighted by Crippen LogP contribution is -2.42. The summed E-state index contributed by atoms with van der Waals surface area (Å²) in [5, 5.41) is 9.64. The summed E-state index contributed by atoms with van der Waals surface area (Å²) >= 11 is 0. The number of carbonyl (C=O) groups is 1. The Morgan fingerprint density at radius 2 is 2.37 bits per heavy atom. The Hall–Kier alpha value is -1.88. The fourth-order valence-electron chi connectivity index (χ4n) is 2.59. The quantitative estimate of drug-likeness (QED) is 0.814. The highest BCUT2D eigenvalue weighted by Gasteiger charge is 2.23. The van der Waals surface area contributed by atoms with E-state index in [-0.39, 0.29) is 5.91 Å². The van der Waals surface area contributed by atoms with Crippen LogP contribution in [0.2, 0.25) is 0 Å². The van der Waals surface area contributed by atoms with Crippen LogP contribution in [-0.2, 0) is 0 Å². The highest BCUT2D eigenvalue weighted by Crippen LogP contribution is 2.17. The molecular formula is C14H17N3O2. The van der Waals surface area contributed by atoms with Crippen LogP contribution in [0.25, 0.3) is 11.0 Å². The molecule has 1 saturated heterocycles. The van der Waals surface area contributed by atoms with E-state index in [4.69, 9.17) is 0 Å². The van der Waals surface area contributed by atoms with Crippen molar-refractivity contribution < 1.29 is 9.90 Å². The molecule has 2 heterocycles. The van der Waals surface area contributed by atoms with Gasteiger partial charge in [-0.25, -0.2) is 4.98 Å². The first-order valence-corrected chi connectivity index (χ1v) is 6.57. The maximum Gasteiger partial charge on any atom is 0.254 e. The number of rotatable bonds is 1. The molecule has 5 nitrogen and oxygen atoms in total. The number of piperidine rings is 1. The zero-order valence-electron chi connectivity index (χ0n) is 10.9. The molecule has 3 rings (SSSR count). The van der Waals surface area contributed by atoms with Crippen LogP contribution in [0, 0.1) is 6.92 Å². The van der Waals surface area contributed by atoms with Crippen LogP contribution in [0.4, 0.5) is 0 Å². The van der Waals surface area contributed by atoms with Crippen molar-refractivity contribution in [1.29, 1.82) is 0 Å². The molecule has 0 saturated carbocycles. The van der Waals surface area contributed by atoms with Crippen molar-refractivity contribution in [3.05, 3.63) is 29.6 Å². The molecule has 1 aliphatic heterocycles. The average molecular weight is 259 g/mol. The van der Waals surface area contributed by atoms with Gasteiger partial charge in [0.25, 0.3) is 5.91 Å². The standard InChI is InChI=1S/C14H17N3O2/c1-9-15-12-5-4-10(7-13(12)16-9)14(19)17-6-2-3-11(18)8-17/h4-5,7,11,18H,2-3,6,8H2,1H3,(H,15,16). The smallest absolute Gasteiger partial charge is 0.254 e. The zero-order chi connectivity index (χ0) is 13.4. The zero-order valence-corrected chi connectivity index (χ0v) is 10.9. The lowest BCUT2D eigenvalue weighted by Gasteiger charge is -2.30. The fourth-order valence-corrected chi connectivity index (χ4v) is 2.59. The van der Waals surface area contributed by atoms with E-state index in [1.165, 1.54) is 0 Å². The molecule has 5 heteroatoms. The normalized spacial score (nSPS) is 19.9. The number of fused-ring (bicyclic) bond motifs is 1. The Bertz CT molecular complexity index is 620. The van der Waals surface area contributed by atoms with Crippen LogP contribution < -0.4 is 0 Å². The summed E-state index contributed by atoms with van der Waals surface area (Å²) in [6.07, 6.45) is 1.25. The Balaban J connectivity index is 1.88. The number of β-amino-alcohol motifs (C(OH)–C–C–N with tert-alkyl or cyclic N) is 1. The van der Waals surface area contributed by atoms with Crippen LogP contribution in [0.3, 0.4) is 0 Å². The van der Waals surface area contributed by atoms with Crippen LogP contribution >= 0.6 is 0 Å². The van der Waals surface area contributed by atoms with Crippen molar-refractivity contribution in [1.82, 2.24) is 14.9 Å². The summed E-state index contributed by atoms with van der Waals surface area (Å²) in [4.78, 5) is 21.5. The van der Waals surface area contributed by atoms with E-state index >= 15 is 0 Å². The third-order valence-corrected chi connectivity index (χ3v) is 3.53. The first-order chi connectivity index (χ1) is 9.13. The van der Waals surface area contributed by atoms with Gasteiger partial charge in [0.1, 0.15) is 5.82 Å². The van der Waals surface area contributed by atoms with Gasteiger partial charge in [-0.3, -0.25) is 4.79 Å². The number of nitrogens with one attached hydrogen (secondary N) is 1. The number of amides is 1. The summed E-state index contributed by atoms with van der Waals surface area (Å²) in [5.41, 5.74) is 2.39. The maximum absolute atomic E-state index is 12.4. The number of likely N-dealkylation sites (tertiary alicyclic amines) is 1. The third-order valence-electron chi connectivity index (χ3n) is 3.53. The monoisotopic (exact) mass is 259 g/mol. The number of imidazole rings is 1. The molecule has 1 unspecified atom stereocenters. The first-order valence-electron chi connectivity index (χ1n) is 6.57. The largest absolute Gasteiger partial charge is 0.391 e. The van der Waals surface area contributed by atoms with Crippen molar-refractivity contribution >= 4 is 16.9 Å². The minimum Gasteiger partial charge on any atom is -0.391 e. The highest BCUT2D eigenvalue weighted by atomic mass is 16.3. The number of aromatic nitrogens is 2. The summed E-state index contributed by atoms with van der Waals surface area (Å²) in [7, 11) is 0. The third kappa shape index (κ3) is 2.33. The van der Waals surface area contributed by atoms with Crippen LogP contribution in [0.15, 0.2) is 18.2 Å². The van der Waals surface area contributed by atoms with Crippen LogP contribution in [0.5, 0.6) is 0 Å². The van der Waals surface area contributed by atoms with Gasteiger partial charge in [0.15, 0.2) is 0 Å². The molecule has 2 N–H and O–H groups in total. The number of aryl methyl sites for hydroxylation is 1. The van der Waals surface area contributed by atoms with Crippen molar-refractivity contribution in [2.24, 2.45) is 0 Å². The van der Waals surface area contributed by atoms with Crippen LogP contribution in [-0.4, -0.2) is 45.1 Å². The average Bonchev–Trinajstić information content (AvgIpc) is 2.76. The van der Waals surface area contributed by atoms with Gasteiger partial charge < -0.3 is 15.0 Å². The summed E-state index contributed by atoms with van der Waals surface area (Å²) < 4.78 is 0. The number of hydrogen-bond donors (Lipinski definition) is 2. The van der Waals surface area contributed by atoms with Gasteiger partial charge in [-0.1, -0.05) is 0 Å². The molecule has 100 valence electrons. The van der Waals surface area contributed by atoms with E-state index in [0.29, 0.717) is 12.1 Å². The second kappa shape index (κ2) is 4.66. The number of aliphatic hydroxyl groups excluding tert-OH is 1. The van der Waals surface area contributed by atoms with E-state index in [9.17, 15) is 9.90 Å². The van der Waals surface area contributed by atoms with E-state index in [1.807, 2.05) is 19.1 Å². The molecule has 0 aliphatic carbocycles. The van der Waals surface area contributed by atoms with Gasteiger partial charge in [-0.15, -0.1) is 0 Å². The van der Waals surface area contributed by atoms with Crippen LogP contribution in [0.1, 0.15) is 29.0 Å². The van der Waals surface area contributed by atoms with E-state index in [0.717, 1.165) is 36.2 Å². The second-order valence-corrected chi connectivity index (χ2v) is 5.10. The van der Waals surface area contributed by atoms with Crippen molar-refractivity contribution in [3.8, 4) is 0 Å². The SMILES string of the molecule is Cc1nc2ccc(C(=O)N3CCCC(O)C3)cc2[nH]1. The summed E-state index contributed by atoms with van der Waals surface area (Å²) in [5.74, 6) is 0.820. The highest BCUT2D eigenvalue weighted by molar-refractivity contribution is 5.97. The molecule has 0 radical (unpaired) electrons. The molecule has 19 heavy (non-hydrogen) atoms. The second-order valence-electron chi connectivity index (χ2n) is 5.10. The van der Waals surface area contributed by atoms with Gasteiger partial charge in [-0.05, 0) is 38.0 Å². The lowest BCUT2D eigenvalue weighted by atomic mass is 10.1. The molecule has 0 spiro atoms. The van der Waals surface area contributed by atoms with Gasteiger partial charge >= 0.3 is 0 Å². The predicted octanol–water partition coefficient (Wildman–Crippen LogP) is 1.47. The van der Waals surface area contributed by atoms with Crippen molar-refractivity contribution in [2.75, 3.05) is 13.1 Å². The number of aliphatic hydroxyl groups is 1. The van der Waals surface area contributed by atoms with Gasteiger partial charge in [0.05, 0.1) is 17.1 Å². The van der Waals surface area contributed by atoms with E-state index in [2.05, 4.69) is 9.97 Å². The van der Waals surface area contributed by atoms with Gasteiger partial charge in [0.2, 0.25) is 0 Å². The number of benzene rings is 1. The molecular weight excluding hydrogens is 242 g/mol. The maximum atomic E-state index is 12.4. The molecule has 1 fully saturated rings. The number of nitrogens with zero attached hydrogens (tertiary/aromatic N) is 2. The van der Waals surface area contributed by atoms with Crippen molar-refractivity contribution in [3.63, 3.8) is 0 Å². The molecule has 1 atom stereocenters. The van der Waals surface area contributed by atoms with E-state index < -0.39 is 6.10 Å². The van der Waals surface area contributed by atoms with Gasteiger partial charge in [0, 0.05) is 18.7 Å². The van der Waals surface area contributed by atoms with E-state index in [1.54, 1.807) is 11.0 Å². The van der Waals surface area contributed by atoms with Crippen molar-refractivity contribution in [2.45, 2.75) is 25.9 Å². The topological polar surface area (TPSA) is 69.2 Å². The van der Waals surface area contributed by atoms with Gasteiger partial charge in [-0.2, -0.15) is 0 Å². The summed E-state index contributed by atoms with van der Waals surface area (Å²) in [6.45, 7) is 3.04. The minimum absolute atomic E-state index is 0.0205. The number of H-pyrrole nitrogens is 1. The number of hydrogen-bond acceptors (Lipinski definition) is 3. The Morgan fingerprint density at radius 1 is 1.53 bits per heavy atom. The number of carbonyl (C=O) groups excluding carboxylic acids is 1. The molecule has 1 aromatic heterocycles. The molecule has 1 aliphatic rings. The predicted molar refractivity (Wildman–Crippen MR) is 72.0 cm³/mol. The molecule has 1 aromatic carbocycles. The molecule has 1 amide bonds. The molecule has 2 aromatic rings. The number of aromatic amines is 1.